The van der Waals surface area contributed by atoms with Crippen LogP contribution in [-0.2, 0) is 47.2 Å². The molecule has 2 rings (SSSR count). The summed E-state index contributed by atoms with van der Waals surface area (Å²) in [5.41, 5.74) is 0.365. The molecule has 0 fully saturated rings. The molecule has 0 spiro atoms. The second-order valence-electron chi connectivity index (χ2n) is 19.8. The Labute approximate surface area is 435 Å². The molecule has 12 nitrogen and oxygen atoms in total. The summed E-state index contributed by atoms with van der Waals surface area (Å²) in [7, 11) is 0. The predicted octanol–water partition coefficient (Wildman–Crippen LogP) is 15.5. The van der Waals surface area contributed by atoms with E-state index in [4.69, 9.17) is 18.4 Å². The van der Waals surface area contributed by atoms with Crippen LogP contribution in [0.25, 0.3) is 0 Å². The van der Waals surface area contributed by atoms with Crippen molar-refractivity contribution >= 4 is 75.1 Å². The van der Waals surface area contributed by atoms with Crippen LogP contribution in [0.5, 0.6) is 0 Å². The van der Waals surface area contributed by atoms with E-state index >= 15 is 0 Å². The van der Waals surface area contributed by atoms with Gasteiger partial charge in [-0.2, -0.15) is 0 Å². The maximum absolute atomic E-state index is 14.4. The molecule has 0 saturated carbocycles. The third-order valence-corrected chi connectivity index (χ3v) is 27.4. The van der Waals surface area contributed by atoms with Crippen molar-refractivity contribution < 1.29 is 47.2 Å². The fourth-order valence-electron chi connectivity index (χ4n) is 8.92. The summed E-state index contributed by atoms with van der Waals surface area (Å²) in [6.07, 6.45) is 39.6. The predicted molar refractivity (Wildman–Crippen MR) is 281 cm³/mol. The van der Waals surface area contributed by atoms with Crippen molar-refractivity contribution in [1.29, 1.82) is 0 Å². The van der Waals surface area contributed by atoms with Gasteiger partial charge in [-0.25, -0.2) is 0 Å². The molecule has 0 aromatic rings. The van der Waals surface area contributed by atoms with Crippen molar-refractivity contribution in [2.45, 2.75) is 281 Å². The Morgan fingerprint density at radius 2 is 0.729 bits per heavy atom. The summed E-state index contributed by atoms with van der Waals surface area (Å²) >= 11 is -10.6. The maximum atomic E-state index is 14.4. The molecule has 2 heterocycles. The Bertz CT molecular complexity index is 1620. The van der Waals surface area contributed by atoms with Gasteiger partial charge in [0, 0.05) is 0 Å². The van der Waals surface area contributed by atoms with Gasteiger partial charge >= 0.3 is 379 Å². The SMILES string of the molecule is CCCCCCCCCCCCC1=CC(=O)[O][Sn]([CH2]CCC)([O]C(=O)/C=C(/CCCCCCCCCCCC)C(=O)[O][Sn]2([CH2]CCC)[O]C(=O)C=C(CCCCCCCCCCCC)C(=O)[O]2)[O]C1=O. The molecule has 70 heavy (non-hydrogen) atoms. The summed E-state index contributed by atoms with van der Waals surface area (Å²) in [5, 5.41) is 0. The first-order valence-corrected chi connectivity index (χ1v) is 39.5. The van der Waals surface area contributed by atoms with E-state index in [1.807, 2.05) is 13.8 Å². The van der Waals surface area contributed by atoms with E-state index in [1.54, 1.807) is 0 Å². The van der Waals surface area contributed by atoms with Crippen LogP contribution >= 0.6 is 0 Å². The van der Waals surface area contributed by atoms with Crippen molar-refractivity contribution in [3.8, 4) is 0 Å². The van der Waals surface area contributed by atoms with Crippen molar-refractivity contribution in [2.75, 3.05) is 0 Å². The van der Waals surface area contributed by atoms with Crippen LogP contribution in [0.3, 0.4) is 0 Å². The molecule has 0 amide bonds. The standard InChI is InChI=1S/3C16H28O4.2C4H9.2Sn/c3*1-2-3-4-5-6-7-8-9-10-11-12-14(16(19)20)13-15(17)18;2*1-3-4-2;;/h3*13H,2-12H2,1H3,(H,17,18)(H,19,20);2*1,3-4H2,2H3;;/q;;;;;2*+3/p-6/b14-13-;;;;;;. The number of hydrogen-bond donors (Lipinski definition) is 0. The molecule has 400 valence electrons. The van der Waals surface area contributed by atoms with E-state index in [0.717, 1.165) is 70.3 Å². The normalized spacial score (nSPS) is 18.5. The number of hydrogen-bond acceptors (Lipinski definition) is 12. The fraction of sp³-hybridized carbons (Fsp3) is 0.786. The van der Waals surface area contributed by atoms with E-state index in [2.05, 4.69) is 20.8 Å². The zero-order chi connectivity index (χ0) is 51.1. The molecular weight excluding hydrogens is 1100 g/mol. The fourth-order valence-corrected chi connectivity index (χ4v) is 22.5. The van der Waals surface area contributed by atoms with Crippen LogP contribution in [0.1, 0.15) is 272 Å². The van der Waals surface area contributed by atoms with Crippen molar-refractivity contribution in [1.82, 2.24) is 0 Å². The van der Waals surface area contributed by atoms with Gasteiger partial charge in [-0.05, 0) is 0 Å². The zero-order valence-corrected chi connectivity index (χ0v) is 50.4. The van der Waals surface area contributed by atoms with Gasteiger partial charge in [0.2, 0.25) is 0 Å². The monoisotopic (exact) mass is 1200 g/mol. The van der Waals surface area contributed by atoms with Gasteiger partial charge in [-0.15, -0.1) is 0 Å². The molecule has 2 aliphatic heterocycles. The Balaban J connectivity index is 2.23. The summed E-state index contributed by atoms with van der Waals surface area (Å²) in [5.74, 6) is -4.86. The summed E-state index contributed by atoms with van der Waals surface area (Å²) in [4.78, 5) is 82.3. The molecule has 0 saturated heterocycles. The van der Waals surface area contributed by atoms with E-state index in [1.165, 1.54) is 121 Å². The number of rotatable bonds is 43. The first-order chi connectivity index (χ1) is 34.0. The Morgan fingerprint density at radius 1 is 0.414 bits per heavy atom. The van der Waals surface area contributed by atoms with E-state index < -0.39 is 75.1 Å². The number of carbonyl (C=O) groups excluding carboxylic acids is 6. The second-order valence-corrected chi connectivity index (χ2v) is 34.0. The third-order valence-electron chi connectivity index (χ3n) is 13.2. The van der Waals surface area contributed by atoms with Gasteiger partial charge in [0.05, 0.1) is 0 Å². The molecule has 0 bridgehead atoms. The van der Waals surface area contributed by atoms with E-state index in [9.17, 15) is 28.8 Å². The molecule has 2 atom stereocenters. The first kappa shape index (κ1) is 63.8. The van der Waals surface area contributed by atoms with Crippen LogP contribution in [-0.4, -0.2) is 75.1 Å². The summed E-state index contributed by atoms with van der Waals surface area (Å²) < 4.78 is 36.0. The van der Waals surface area contributed by atoms with Crippen molar-refractivity contribution in [2.24, 2.45) is 0 Å². The van der Waals surface area contributed by atoms with Crippen molar-refractivity contribution in [3.63, 3.8) is 0 Å². The number of carbonyl (C=O) groups is 6. The van der Waals surface area contributed by atoms with Gasteiger partial charge in [-0.1, -0.05) is 59.3 Å². The molecule has 2 unspecified atom stereocenters. The van der Waals surface area contributed by atoms with Gasteiger partial charge in [-0.3, -0.25) is 0 Å². The van der Waals surface area contributed by atoms with Gasteiger partial charge < -0.3 is 0 Å². The minimum absolute atomic E-state index is 0.0463. The first-order valence-electron chi connectivity index (χ1n) is 28.5. The average molecular weight is 1200 g/mol. The van der Waals surface area contributed by atoms with E-state index in [0.29, 0.717) is 57.8 Å². The Morgan fingerprint density at radius 3 is 1.09 bits per heavy atom. The molecule has 14 heteroatoms. The molecule has 0 aliphatic carbocycles. The van der Waals surface area contributed by atoms with E-state index in [-0.39, 0.29) is 32.0 Å². The summed E-state index contributed by atoms with van der Waals surface area (Å²) in [6.45, 7) is 10.5. The molecule has 0 N–H and O–H groups in total. The topological polar surface area (TPSA) is 158 Å². The van der Waals surface area contributed by atoms with Gasteiger partial charge in [0.1, 0.15) is 0 Å². The molecule has 0 aromatic carbocycles. The Hall–Kier alpha value is -2.36. The quantitative estimate of drug-likeness (QED) is 0.0324. The number of unbranched alkanes of at least 4 members (excludes halogenated alkanes) is 29. The van der Waals surface area contributed by atoms with Gasteiger partial charge in [0.25, 0.3) is 0 Å². The molecular formula is C56H96O12Sn2. The van der Waals surface area contributed by atoms with Crippen molar-refractivity contribution in [3.05, 3.63) is 34.9 Å². The summed E-state index contributed by atoms with van der Waals surface area (Å²) in [6, 6.07) is 0. The van der Waals surface area contributed by atoms with Crippen LogP contribution in [0.4, 0.5) is 0 Å². The molecule has 2 aliphatic rings. The second kappa shape index (κ2) is 40.1. The molecule has 0 radical (unpaired) electrons. The third kappa shape index (κ3) is 28.8. The minimum atomic E-state index is -5.32. The zero-order valence-electron chi connectivity index (χ0n) is 44.7. The van der Waals surface area contributed by atoms with Gasteiger partial charge in [0.15, 0.2) is 0 Å². The Kier molecular flexibility index (Phi) is 36.5. The van der Waals surface area contributed by atoms with Crippen LogP contribution in [0.2, 0.25) is 8.87 Å². The molecule has 0 aromatic heterocycles. The van der Waals surface area contributed by atoms with Crippen LogP contribution in [0, 0.1) is 0 Å². The van der Waals surface area contributed by atoms with Crippen LogP contribution in [0.15, 0.2) is 34.9 Å². The average Bonchev–Trinajstić information content (AvgIpc) is 3.52. The van der Waals surface area contributed by atoms with Crippen LogP contribution < -0.4 is 0 Å².